The van der Waals surface area contributed by atoms with Crippen LogP contribution in [0.25, 0.3) is 0 Å². The molecule has 1 heterocycles. The van der Waals surface area contributed by atoms with Gasteiger partial charge in [0.2, 0.25) is 0 Å². The van der Waals surface area contributed by atoms with Gasteiger partial charge in [-0.1, -0.05) is 25.7 Å². The fourth-order valence-corrected chi connectivity index (χ4v) is 2.31. The van der Waals surface area contributed by atoms with Crippen LogP contribution in [0.4, 0.5) is 17.1 Å². The van der Waals surface area contributed by atoms with E-state index in [9.17, 15) is 30.3 Å². The van der Waals surface area contributed by atoms with Crippen LogP contribution in [0, 0.1) is 30.3 Å². The van der Waals surface area contributed by atoms with E-state index in [1.807, 2.05) is 0 Å². The molecule has 0 saturated carbocycles. The van der Waals surface area contributed by atoms with Crippen molar-refractivity contribution in [2.75, 3.05) is 13.1 Å². The van der Waals surface area contributed by atoms with Gasteiger partial charge in [-0.3, -0.25) is 30.3 Å². The molecular formula is C14H20N4O7. The molecule has 0 radical (unpaired) electrons. The fraction of sp³-hybridized carbons (Fsp3) is 0.571. The molecule has 0 bridgehead atoms. The molecule has 1 saturated heterocycles. The fourth-order valence-electron chi connectivity index (χ4n) is 2.31. The highest BCUT2D eigenvalue weighted by molar-refractivity contribution is 5.64. The van der Waals surface area contributed by atoms with Gasteiger partial charge in [0.05, 0.1) is 26.9 Å². The first-order valence-electron chi connectivity index (χ1n) is 7.85. The van der Waals surface area contributed by atoms with Crippen LogP contribution in [0.1, 0.15) is 38.5 Å². The molecule has 0 aliphatic carbocycles. The average Bonchev–Trinajstić information content (AvgIpc) is 2.70. The number of hydrogen-bond donors (Lipinski definition) is 2. The van der Waals surface area contributed by atoms with E-state index in [1.165, 1.54) is 51.6 Å². The molecule has 1 aromatic rings. The standard InChI is InChI=1S/C8H17N.C6H3N3O7/c1-2-4-6-8-9-7-5-3-1;10-6-4(8(13)14)1-3(7(11)12)2-5(6)9(15)16/h9H,1-8H2;1-2,10H. The topological polar surface area (TPSA) is 162 Å². The van der Waals surface area contributed by atoms with Gasteiger partial charge in [0.1, 0.15) is 0 Å². The number of non-ortho nitro benzene ring substituents is 1. The third kappa shape index (κ3) is 6.67. The van der Waals surface area contributed by atoms with Crippen LogP contribution in [0.3, 0.4) is 0 Å². The zero-order valence-corrected chi connectivity index (χ0v) is 13.5. The van der Waals surface area contributed by atoms with Crippen LogP contribution in [-0.4, -0.2) is 33.0 Å². The Hall–Kier alpha value is -2.82. The van der Waals surface area contributed by atoms with E-state index in [2.05, 4.69) is 5.32 Å². The molecule has 11 nitrogen and oxygen atoms in total. The molecule has 1 aliphatic heterocycles. The maximum Gasteiger partial charge on any atom is 0.324 e. The normalized spacial score (nSPS) is 14.9. The number of phenols is 1. The number of nitro groups is 3. The number of benzene rings is 1. The minimum absolute atomic E-state index is 0.447. The van der Waals surface area contributed by atoms with Gasteiger partial charge in [0, 0.05) is 0 Å². The van der Waals surface area contributed by atoms with E-state index in [-0.39, 0.29) is 0 Å². The second kappa shape index (κ2) is 10.1. The summed E-state index contributed by atoms with van der Waals surface area (Å²) in [6, 6.07) is 0.894. The molecule has 1 aromatic carbocycles. The number of phenolic OH excluding ortho intramolecular Hbond substituents is 1. The highest BCUT2D eigenvalue weighted by atomic mass is 16.6. The largest absolute Gasteiger partial charge is 0.497 e. The van der Waals surface area contributed by atoms with Crippen LogP contribution < -0.4 is 5.32 Å². The first kappa shape index (κ1) is 20.2. The number of nitrogens with zero attached hydrogens (tertiary/aromatic N) is 3. The van der Waals surface area contributed by atoms with Crippen LogP contribution in [-0.2, 0) is 0 Å². The van der Waals surface area contributed by atoms with Gasteiger partial charge in [0.15, 0.2) is 0 Å². The molecule has 138 valence electrons. The summed E-state index contributed by atoms with van der Waals surface area (Å²) in [5, 5.41) is 43.6. The lowest BCUT2D eigenvalue weighted by atomic mass is 10.1. The minimum atomic E-state index is -1.21. The summed E-state index contributed by atoms with van der Waals surface area (Å²) in [6.07, 6.45) is 8.57. The van der Waals surface area contributed by atoms with E-state index < -0.39 is 37.6 Å². The monoisotopic (exact) mass is 356 g/mol. The van der Waals surface area contributed by atoms with Crippen LogP contribution in [0.2, 0.25) is 0 Å². The van der Waals surface area contributed by atoms with Crippen LogP contribution in [0.15, 0.2) is 12.1 Å². The smallest absolute Gasteiger partial charge is 0.324 e. The van der Waals surface area contributed by atoms with Crippen molar-refractivity contribution in [1.82, 2.24) is 5.32 Å². The van der Waals surface area contributed by atoms with E-state index in [4.69, 9.17) is 5.11 Å². The Balaban J connectivity index is 0.000000293. The minimum Gasteiger partial charge on any atom is -0.497 e. The van der Waals surface area contributed by atoms with Crippen molar-refractivity contribution in [2.45, 2.75) is 38.5 Å². The lowest BCUT2D eigenvalue weighted by Crippen LogP contribution is -2.15. The summed E-state index contributed by atoms with van der Waals surface area (Å²) in [6.45, 7) is 2.50. The van der Waals surface area contributed by atoms with Crippen molar-refractivity contribution < 1.29 is 19.9 Å². The highest BCUT2D eigenvalue weighted by Crippen LogP contribution is 2.38. The van der Waals surface area contributed by atoms with Gasteiger partial charge in [0.25, 0.3) is 11.4 Å². The van der Waals surface area contributed by atoms with Gasteiger partial charge >= 0.3 is 11.4 Å². The summed E-state index contributed by atoms with van der Waals surface area (Å²) in [4.78, 5) is 27.8. The highest BCUT2D eigenvalue weighted by Gasteiger charge is 2.30. The van der Waals surface area contributed by atoms with Crippen molar-refractivity contribution in [2.24, 2.45) is 0 Å². The molecule has 1 fully saturated rings. The molecule has 2 rings (SSSR count). The maximum atomic E-state index is 10.4. The van der Waals surface area contributed by atoms with Crippen molar-refractivity contribution in [3.8, 4) is 5.75 Å². The first-order valence-corrected chi connectivity index (χ1v) is 7.85. The molecule has 0 atom stereocenters. The predicted octanol–water partition coefficient (Wildman–Crippen LogP) is 3.05. The molecule has 25 heavy (non-hydrogen) atoms. The SMILES string of the molecule is C1CCCCNCCC1.O=[N+]([O-])c1cc([N+](=O)[O-])c(O)c([N+](=O)[O-])c1. The Morgan fingerprint density at radius 1 is 0.760 bits per heavy atom. The molecule has 0 amide bonds. The maximum absolute atomic E-state index is 10.4. The van der Waals surface area contributed by atoms with E-state index in [0.29, 0.717) is 12.1 Å². The lowest BCUT2D eigenvalue weighted by Gasteiger charge is -1.98. The van der Waals surface area contributed by atoms with Crippen LogP contribution in [0.5, 0.6) is 5.75 Å². The second-order valence-electron chi connectivity index (χ2n) is 5.48. The zero-order valence-electron chi connectivity index (χ0n) is 13.5. The Bertz CT molecular complexity index is 572. The Kier molecular flexibility index (Phi) is 8.19. The van der Waals surface area contributed by atoms with Gasteiger partial charge < -0.3 is 10.4 Å². The van der Waals surface area contributed by atoms with Crippen molar-refractivity contribution in [3.05, 3.63) is 42.5 Å². The molecule has 2 N–H and O–H groups in total. The Morgan fingerprint density at radius 3 is 1.52 bits per heavy atom. The quantitative estimate of drug-likeness (QED) is 0.616. The summed E-state index contributed by atoms with van der Waals surface area (Å²) in [5.74, 6) is -1.21. The first-order chi connectivity index (χ1) is 11.8. The Labute approximate surface area is 143 Å². The molecular weight excluding hydrogens is 336 g/mol. The summed E-state index contributed by atoms with van der Waals surface area (Å²) >= 11 is 0. The number of nitro benzene ring substituents is 3. The molecule has 11 heteroatoms. The summed E-state index contributed by atoms with van der Waals surface area (Å²) in [5.41, 5.74) is -3.00. The second-order valence-corrected chi connectivity index (χ2v) is 5.48. The third-order valence-electron chi connectivity index (χ3n) is 3.62. The molecule has 0 aromatic heterocycles. The van der Waals surface area contributed by atoms with Crippen molar-refractivity contribution in [3.63, 3.8) is 0 Å². The Morgan fingerprint density at radius 2 is 1.16 bits per heavy atom. The average molecular weight is 356 g/mol. The van der Waals surface area contributed by atoms with Gasteiger partial charge in [-0.15, -0.1) is 0 Å². The summed E-state index contributed by atoms with van der Waals surface area (Å²) < 4.78 is 0. The van der Waals surface area contributed by atoms with Gasteiger partial charge in [-0.25, -0.2) is 0 Å². The van der Waals surface area contributed by atoms with Gasteiger partial charge in [-0.2, -0.15) is 0 Å². The molecule has 1 aliphatic rings. The van der Waals surface area contributed by atoms with E-state index in [1.54, 1.807) is 0 Å². The molecule has 0 spiro atoms. The lowest BCUT2D eigenvalue weighted by molar-refractivity contribution is -0.404. The van der Waals surface area contributed by atoms with Crippen LogP contribution >= 0.6 is 0 Å². The predicted molar refractivity (Wildman–Crippen MR) is 88.6 cm³/mol. The number of rotatable bonds is 3. The summed E-state index contributed by atoms with van der Waals surface area (Å²) in [7, 11) is 0. The van der Waals surface area contributed by atoms with Crippen molar-refractivity contribution >= 4 is 17.1 Å². The van der Waals surface area contributed by atoms with Crippen molar-refractivity contribution in [1.29, 1.82) is 0 Å². The van der Waals surface area contributed by atoms with E-state index >= 15 is 0 Å². The number of aromatic hydroxyl groups is 1. The third-order valence-corrected chi connectivity index (χ3v) is 3.62. The number of hydrogen-bond acceptors (Lipinski definition) is 8. The number of nitrogens with one attached hydrogen (secondary N) is 1. The zero-order chi connectivity index (χ0) is 18.8. The molecule has 0 unspecified atom stereocenters. The van der Waals surface area contributed by atoms with E-state index in [0.717, 1.165) is 0 Å². The van der Waals surface area contributed by atoms with Gasteiger partial charge in [-0.05, 0) is 25.9 Å².